The Morgan fingerprint density at radius 2 is 2.50 bits per heavy atom. The van der Waals surface area contributed by atoms with Gasteiger partial charge in [0.1, 0.15) is 0 Å². The summed E-state index contributed by atoms with van der Waals surface area (Å²) in [5.74, 6) is -0.949. The zero-order valence-electron chi connectivity index (χ0n) is 3.27. The fourth-order valence-corrected chi connectivity index (χ4v) is 0.0445. The van der Waals surface area contributed by atoms with Gasteiger partial charge in [-0.15, -0.1) is 0 Å². The minimum atomic E-state index is -0.949. The normalized spacial score (nSPS) is 7.67. The predicted molar refractivity (Wildman–Crippen MR) is 17.4 cm³/mol. The van der Waals surface area contributed by atoms with E-state index in [9.17, 15) is 9.18 Å². The molecule has 0 bridgehead atoms. The van der Waals surface area contributed by atoms with E-state index in [1.165, 1.54) is 0 Å². The highest BCUT2D eigenvalue weighted by molar-refractivity contribution is 5.76. The summed E-state index contributed by atoms with van der Waals surface area (Å²) in [6, 6.07) is 0. The topological polar surface area (TPSA) is 26.3 Å². The smallest absolute Gasteiger partial charge is 0.344 e. The maximum Gasteiger partial charge on any atom is 0.344 e. The van der Waals surface area contributed by atoms with E-state index >= 15 is 0 Å². The van der Waals surface area contributed by atoms with Crippen molar-refractivity contribution < 1.29 is 13.9 Å². The Bertz CT molecular complexity index is 46.8. The van der Waals surface area contributed by atoms with Crippen LogP contribution in [0.1, 0.15) is 0 Å². The molecular weight excluding hydrogens is 87.0 g/mol. The highest BCUT2D eigenvalue weighted by Gasteiger charge is 1.93. The maximum atomic E-state index is 10.8. The lowest BCUT2D eigenvalue weighted by molar-refractivity contribution is -0.138. The van der Waals surface area contributed by atoms with Crippen molar-refractivity contribution in [3.05, 3.63) is 6.67 Å². The molecule has 35 valence electrons. The molecule has 0 aromatic rings. The molecule has 0 N–H and O–H groups in total. The van der Waals surface area contributed by atoms with Crippen LogP contribution in [0.2, 0.25) is 0 Å². The zero-order chi connectivity index (χ0) is 4.99. The summed E-state index contributed by atoms with van der Waals surface area (Å²) in [6.07, 6.45) is 0. The summed E-state index contributed by atoms with van der Waals surface area (Å²) in [6.45, 7) is -0.139. The van der Waals surface area contributed by atoms with Crippen molar-refractivity contribution in [3.63, 3.8) is 0 Å². The standard InChI is InChI=1S/C3H4FO2/c1-6-3(5)2-4/h2H,1H3. The number of ether oxygens (including phenoxy) is 1. The maximum absolute atomic E-state index is 10.8. The Morgan fingerprint density at radius 1 is 2.00 bits per heavy atom. The molecular formula is C3H4FO2. The summed E-state index contributed by atoms with van der Waals surface area (Å²) in [5, 5.41) is 0. The Labute approximate surface area is 34.9 Å². The third-order valence-electron chi connectivity index (χ3n) is 0.290. The second-order valence-electron chi connectivity index (χ2n) is 0.632. The molecule has 0 saturated heterocycles. The summed E-state index contributed by atoms with van der Waals surface area (Å²) in [5.41, 5.74) is 0. The molecule has 0 rings (SSSR count). The third-order valence-corrected chi connectivity index (χ3v) is 0.290. The third kappa shape index (κ3) is 1.69. The molecule has 1 radical (unpaired) electrons. The Morgan fingerprint density at radius 3 is 2.50 bits per heavy atom. The van der Waals surface area contributed by atoms with Crippen molar-refractivity contribution in [2.45, 2.75) is 0 Å². The number of esters is 1. The lowest BCUT2D eigenvalue weighted by Crippen LogP contribution is -1.95. The van der Waals surface area contributed by atoms with Crippen LogP contribution in [0.3, 0.4) is 0 Å². The van der Waals surface area contributed by atoms with Crippen LogP contribution in [0, 0.1) is 6.67 Å². The van der Waals surface area contributed by atoms with E-state index < -0.39 is 5.97 Å². The van der Waals surface area contributed by atoms with Gasteiger partial charge in [-0.05, 0) is 0 Å². The van der Waals surface area contributed by atoms with Gasteiger partial charge in [-0.1, -0.05) is 0 Å². The van der Waals surface area contributed by atoms with E-state index in [1.54, 1.807) is 0 Å². The molecule has 0 amide bonds. The lowest BCUT2D eigenvalue weighted by atomic mass is 10.8. The van der Waals surface area contributed by atoms with Crippen LogP contribution in [0.15, 0.2) is 0 Å². The quantitative estimate of drug-likeness (QED) is 0.433. The minimum absolute atomic E-state index is 0.139. The first-order chi connectivity index (χ1) is 2.81. The summed E-state index contributed by atoms with van der Waals surface area (Å²) in [4.78, 5) is 9.53. The van der Waals surface area contributed by atoms with E-state index in [0.717, 1.165) is 7.11 Å². The Balaban J connectivity index is 2.99. The monoisotopic (exact) mass is 91.0 g/mol. The fraction of sp³-hybridized carbons (Fsp3) is 0.333. The average Bonchev–Trinajstić information content (AvgIpc) is 1.65. The lowest BCUT2D eigenvalue weighted by Gasteiger charge is -1.84. The number of hydrogen-bond donors (Lipinski definition) is 0. The first-order valence-corrected chi connectivity index (χ1v) is 1.32. The first kappa shape index (κ1) is 5.40. The fourth-order valence-electron chi connectivity index (χ4n) is 0.0445. The molecule has 0 spiro atoms. The van der Waals surface area contributed by atoms with Crippen LogP contribution in [0.4, 0.5) is 4.39 Å². The van der Waals surface area contributed by atoms with Gasteiger partial charge < -0.3 is 4.74 Å². The molecule has 0 aliphatic carbocycles. The van der Waals surface area contributed by atoms with Crippen molar-refractivity contribution in [2.75, 3.05) is 7.11 Å². The molecule has 0 unspecified atom stereocenters. The van der Waals surface area contributed by atoms with Gasteiger partial charge in [-0.2, -0.15) is 0 Å². The number of carbonyl (C=O) groups is 1. The number of carbonyl (C=O) groups excluding carboxylic acids is 1. The van der Waals surface area contributed by atoms with Gasteiger partial charge in [0, 0.05) is 0 Å². The molecule has 0 fully saturated rings. The molecule has 0 heterocycles. The van der Waals surface area contributed by atoms with Gasteiger partial charge in [0.05, 0.1) is 7.11 Å². The van der Waals surface area contributed by atoms with Gasteiger partial charge in [-0.3, -0.25) is 0 Å². The molecule has 6 heavy (non-hydrogen) atoms. The van der Waals surface area contributed by atoms with Crippen molar-refractivity contribution in [3.8, 4) is 0 Å². The molecule has 0 aliphatic heterocycles. The molecule has 0 saturated carbocycles. The zero-order valence-corrected chi connectivity index (χ0v) is 3.27. The molecule has 0 aromatic carbocycles. The largest absolute Gasteiger partial charge is 0.467 e. The molecule has 0 atom stereocenters. The molecule has 0 aromatic heterocycles. The van der Waals surface area contributed by atoms with Gasteiger partial charge >= 0.3 is 5.97 Å². The SMILES string of the molecule is COC(=O)[CH]F. The number of methoxy groups -OCH3 is 1. The number of rotatable bonds is 1. The Kier molecular flexibility index (Phi) is 2.36. The number of hydrogen-bond acceptors (Lipinski definition) is 2. The van der Waals surface area contributed by atoms with Crippen molar-refractivity contribution >= 4 is 5.97 Å². The molecule has 3 heteroatoms. The van der Waals surface area contributed by atoms with Gasteiger partial charge in [0.25, 0.3) is 0 Å². The molecule has 2 nitrogen and oxygen atoms in total. The summed E-state index contributed by atoms with van der Waals surface area (Å²) < 4.78 is 14.6. The van der Waals surface area contributed by atoms with E-state index in [1.807, 2.05) is 0 Å². The second-order valence-corrected chi connectivity index (χ2v) is 0.632. The van der Waals surface area contributed by atoms with Gasteiger partial charge in [0.15, 0.2) is 0 Å². The van der Waals surface area contributed by atoms with Crippen LogP contribution < -0.4 is 0 Å². The second kappa shape index (κ2) is 2.63. The van der Waals surface area contributed by atoms with E-state index in [4.69, 9.17) is 0 Å². The predicted octanol–water partition coefficient (Wildman–Crippen LogP) is 0.291. The summed E-state index contributed by atoms with van der Waals surface area (Å²) in [7, 11) is 1.11. The van der Waals surface area contributed by atoms with Crippen molar-refractivity contribution in [1.29, 1.82) is 0 Å². The minimum Gasteiger partial charge on any atom is -0.467 e. The van der Waals surface area contributed by atoms with Crippen molar-refractivity contribution in [1.82, 2.24) is 0 Å². The van der Waals surface area contributed by atoms with E-state index in [2.05, 4.69) is 4.74 Å². The van der Waals surface area contributed by atoms with Crippen LogP contribution in [0.5, 0.6) is 0 Å². The van der Waals surface area contributed by atoms with Gasteiger partial charge in [0.2, 0.25) is 6.67 Å². The average molecular weight is 91.1 g/mol. The highest BCUT2D eigenvalue weighted by Crippen LogP contribution is 1.78. The van der Waals surface area contributed by atoms with Crippen LogP contribution >= 0.6 is 0 Å². The molecule has 0 aliphatic rings. The van der Waals surface area contributed by atoms with E-state index in [-0.39, 0.29) is 6.67 Å². The van der Waals surface area contributed by atoms with Gasteiger partial charge in [-0.25, -0.2) is 9.18 Å². The van der Waals surface area contributed by atoms with E-state index in [0.29, 0.717) is 0 Å². The number of halogens is 1. The van der Waals surface area contributed by atoms with Crippen LogP contribution in [0.25, 0.3) is 0 Å². The highest BCUT2D eigenvalue weighted by atomic mass is 19.1. The summed E-state index contributed by atoms with van der Waals surface area (Å²) >= 11 is 0. The van der Waals surface area contributed by atoms with Crippen molar-refractivity contribution in [2.24, 2.45) is 0 Å². The first-order valence-electron chi connectivity index (χ1n) is 1.32. The Hall–Kier alpha value is -0.600. The van der Waals surface area contributed by atoms with Crippen LogP contribution in [-0.4, -0.2) is 13.1 Å². The van der Waals surface area contributed by atoms with Crippen LogP contribution in [-0.2, 0) is 9.53 Å².